The fourth-order valence-corrected chi connectivity index (χ4v) is 5.04. The molecule has 4 heterocycles. The summed E-state index contributed by atoms with van der Waals surface area (Å²) in [5, 5.41) is 3.44. The molecule has 0 aliphatic heterocycles. The van der Waals surface area contributed by atoms with Crippen molar-refractivity contribution in [3.05, 3.63) is 134 Å². The van der Waals surface area contributed by atoms with Crippen molar-refractivity contribution in [1.82, 2.24) is 19.9 Å². The molecule has 0 spiro atoms. The first kappa shape index (κ1) is 22.0. The average Bonchev–Trinajstić information content (AvgIpc) is 3.01. The molecule has 0 aliphatic carbocycles. The van der Waals surface area contributed by atoms with E-state index in [1.165, 1.54) is 5.39 Å². The lowest BCUT2D eigenvalue weighted by atomic mass is 9.94. The topological polar surface area (TPSA) is 51.6 Å². The first-order chi connectivity index (χ1) is 18.8. The molecule has 0 aliphatic rings. The lowest BCUT2D eigenvalue weighted by Gasteiger charge is -2.13. The van der Waals surface area contributed by atoms with Crippen LogP contribution in [0, 0.1) is 0 Å². The highest BCUT2D eigenvalue weighted by Crippen LogP contribution is 2.37. The molecule has 0 saturated heterocycles. The number of hydrogen-bond acceptors (Lipinski definition) is 4. The summed E-state index contributed by atoms with van der Waals surface area (Å²) in [4.78, 5) is 17.8. The molecule has 0 saturated carbocycles. The second-order valence-corrected chi connectivity index (χ2v) is 9.24. The number of rotatable bonds is 4. The molecule has 0 fully saturated rings. The molecule has 7 rings (SSSR count). The van der Waals surface area contributed by atoms with Crippen LogP contribution in [-0.2, 0) is 0 Å². The highest BCUT2D eigenvalue weighted by atomic mass is 14.7. The predicted octanol–water partition coefficient (Wildman–Crippen LogP) is 8.24. The third-order valence-electron chi connectivity index (χ3n) is 6.99. The fraction of sp³-hybridized carbons (Fsp3) is 0. The molecule has 38 heavy (non-hydrogen) atoms. The minimum Gasteiger partial charge on any atom is -0.265 e. The van der Waals surface area contributed by atoms with Gasteiger partial charge in [0.2, 0.25) is 0 Å². The number of nitrogens with zero attached hydrogens (tertiary/aromatic N) is 4. The van der Waals surface area contributed by atoms with Gasteiger partial charge in [-0.1, -0.05) is 48.5 Å². The number of fused-ring (bicyclic) bond motifs is 3. The minimum absolute atomic E-state index is 0.969. The molecular formula is C34H22N4. The summed E-state index contributed by atoms with van der Waals surface area (Å²) in [7, 11) is 0. The van der Waals surface area contributed by atoms with E-state index in [9.17, 15) is 0 Å². The first-order valence-corrected chi connectivity index (χ1v) is 12.5. The number of aromatic nitrogens is 4. The first-order valence-electron chi connectivity index (χ1n) is 12.5. The van der Waals surface area contributed by atoms with Crippen LogP contribution >= 0.6 is 0 Å². The summed E-state index contributed by atoms with van der Waals surface area (Å²) in [5.74, 6) is 0. The Morgan fingerprint density at radius 2 is 0.737 bits per heavy atom. The van der Waals surface area contributed by atoms with Gasteiger partial charge in [0, 0.05) is 53.5 Å². The van der Waals surface area contributed by atoms with Crippen LogP contribution in [0.25, 0.3) is 66.3 Å². The van der Waals surface area contributed by atoms with E-state index in [4.69, 9.17) is 4.98 Å². The van der Waals surface area contributed by atoms with Gasteiger partial charge in [0.1, 0.15) is 0 Å². The second kappa shape index (κ2) is 9.34. The maximum Gasteiger partial charge on any atom is 0.0788 e. The molecule has 7 aromatic rings. The summed E-state index contributed by atoms with van der Waals surface area (Å²) in [6.45, 7) is 0. The van der Waals surface area contributed by atoms with Crippen LogP contribution in [0.3, 0.4) is 0 Å². The Hall–Kier alpha value is -5.22. The quantitative estimate of drug-likeness (QED) is 0.235. The van der Waals surface area contributed by atoms with Gasteiger partial charge < -0.3 is 0 Å². The molecule has 0 unspecified atom stereocenters. The summed E-state index contributed by atoms with van der Waals surface area (Å²) in [6.07, 6.45) is 11.0. The van der Waals surface area contributed by atoms with Crippen LogP contribution in [0.15, 0.2) is 134 Å². The molecule has 178 valence electrons. The van der Waals surface area contributed by atoms with Crippen molar-refractivity contribution in [2.24, 2.45) is 0 Å². The summed E-state index contributed by atoms with van der Waals surface area (Å²) in [6, 6.07) is 34.0. The van der Waals surface area contributed by atoms with Gasteiger partial charge in [0.25, 0.3) is 0 Å². The fourth-order valence-electron chi connectivity index (χ4n) is 5.04. The van der Waals surface area contributed by atoms with Crippen LogP contribution in [0.5, 0.6) is 0 Å². The Bertz CT molecular complexity index is 1880. The minimum atomic E-state index is 0.969. The zero-order valence-corrected chi connectivity index (χ0v) is 20.5. The van der Waals surface area contributed by atoms with Crippen molar-refractivity contribution in [1.29, 1.82) is 0 Å². The van der Waals surface area contributed by atoms with Crippen molar-refractivity contribution < 1.29 is 0 Å². The smallest absolute Gasteiger partial charge is 0.0788 e. The van der Waals surface area contributed by atoms with Gasteiger partial charge in [-0.15, -0.1) is 0 Å². The highest BCUT2D eigenvalue weighted by Gasteiger charge is 2.13. The second-order valence-electron chi connectivity index (χ2n) is 9.24. The van der Waals surface area contributed by atoms with Crippen molar-refractivity contribution >= 4 is 21.7 Å². The SMILES string of the molecule is c1cc(-c2ccc(-c3nc4cc(-c5ccncc5)ccc4c4ccc(-c5ccncc5)cc34)cc2)ccn1. The third-order valence-corrected chi connectivity index (χ3v) is 6.99. The van der Waals surface area contributed by atoms with Crippen LogP contribution in [-0.4, -0.2) is 19.9 Å². The Labute approximate surface area is 220 Å². The maximum absolute atomic E-state index is 5.26. The molecule has 0 radical (unpaired) electrons. The zero-order valence-electron chi connectivity index (χ0n) is 20.5. The molecular weight excluding hydrogens is 464 g/mol. The van der Waals surface area contributed by atoms with Gasteiger partial charge in [-0.3, -0.25) is 15.0 Å². The molecule has 0 atom stereocenters. The highest BCUT2D eigenvalue weighted by molar-refractivity contribution is 6.12. The molecule has 0 amide bonds. The van der Waals surface area contributed by atoms with Gasteiger partial charge >= 0.3 is 0 Å². The lowest BCUT2D eigenvalue weighted by Crippen LogP contribution is -1.92. The Kier molecular flexibility index (Phi) is 5.41. The van der Waals surface area contributed by atoms with Crippen molar-refractivity contribution in [3.63, 3.8) is 0 Å². The molecule has 4 aromatic heterocycles. The van der Waals surface area contributed by atoms with E-state index >= 15 is 0 Å². The summed E-state index contributed by atoms with van der Waals surface area (Å²) in [5.41, 5.74) is 9.84. The summed E-state index contributed by atoms with van der Waals surface area (Å²) < 4.78 is 0. The Morgan fingerprint density at radius 3 is 1.32 bits per heavy atom. The zero-order chi connectivity index (χ0) is 25.3. The molecule has 4 nitrogen and oxygen atoms in total. The molecule has 4 heteroatoms. The van der Waals surface area contributed by atoms with E-state index in [0.717, 1.165) is 60.9 Å². The van der Waals surface area contributed by atoms with Gasteiger partial charge in [0.05, 0.1) is 11.2 Å². The number of benzene rings is 3. The number of pyridine rings is 4. The average molecular weight is 487 g/mol. The van der Waals surface area contributed by atoms with Crippen LogP contribution in [0.4, 0.5) is 0 Å². The standard InChI is InChI=1S/C34H22N4/c1-3-27(4-2-23(1)24-9-15-35-16-10-24)34-32-21-28(25-11-17-36-18-12-25)5-7-30(32)31-8-6-29(22-33(31)38-34)26-13-19-37-20-14-26/h1-22H. The van der Waals surface area contributed by atoms with Gasteiger partial charge in [-0.05, 0) is 87.3 Å². The van der Waals surface area contributed by atoms with E-state index < -0.39 is 0 Å². The third kappa shape index (κ3) is 3.98. The molecule has 0 N–H and O–H groups in total. The van der Waals surface area contributed by atoms with E-state index in [1.807, 2.05) is 73.6 Å². The number of hydrogen-bond donors (Lipinski definition) is 0. The normalized spacial score (nSPS) is 11.2. The van der Waals surface area contributed by atoms with E-state index in [-0.39, 0.29) is 0 Å². The van der Waals surface area contributed by atoms with Gasteiger partial charge in [0.15, 0.2) is 0 Å². The van der Waals surface area contributed by atoms with Crippen molar-refractivity contribution in [3.8, 4) is 44.6 Å². The largest absolute Gasteiger partial charge is 0.265 e. The molecule has 3 aromatic carbocycles. The monoisotopic (exact) mass is 486 g/mol. The lowest BCUT2D eigenvalue weighted by molar-refractivity contribution is 1.33. The predicted molar refractivity (Wildman–Crippen MR) is 154 cm³/mol. The summed E-state index contributed by atoms with van der Waals surface area (Å²) >= 11 is 0. The van der Waals surface area contributed by atoms with Gasteiger partial charge in [-0.25, -0.2) is 4.98 Å². The van der Waals surface area contributed by atoms with Crippen LogP contribution in [0.2, 0.25) is 0 Å². The van der Waals surface area contributed by atoms with Crippen LogP contribution in [0.1, 0.15) is 0 Å². The van der Waals surface area contributed by atoms with E-state index in [0.29, 0.717) is 0 Å². The van der Waals surface area contributed by atoms with Crippen molar-refractivity contribution in [2.75, 3.05) is 0 Å². The molecule has 0 bridgehead atoms. The van der Waals surface area contributed by atoms with Crippen LogP contribution < -0.4 is 0 Å². The van der Waals surface area contributed by atoms with E-state index in [2.05, 4.69) is 75.6 Å². The Balaban J connectivity index is 1.45. The Morgan fingerprint density at radius 1 is 0.316 bits per heavy atom. The van der Waals surface area contributed by atoms with Crippen molar-refractivity contribution in [2.45, 2.75) is 0 Å². The maximum atomic E-state index is 5.26. The van der Waals surface area contributed by atoms with E-state index in [1.54, 1.807) is 0 Å². The van der Waals surface area contributed by atoms with Gasteiger partial charge in [-0.2, -0.15) is 0 Å².